The predicted octanol–water partition coefficient (Wildman–Crippen LogP) is 3.75. The monoisotopic (exact) mass is 442 g/mol. The fourth-order valence-electron chi connectivity index (χ4n) is 2.60. The number of hydrogen-bond acceptors (Lipinski definition) is 4. The smallest absolute Gasteiger partial charge is 0.326 e. The molecule has 0 saturated heterocycles. The van der Waals surface area contributed by atoms with Gasteiger partial charge in [0.15, 0.2) is 5.78 Å². The van der Waals surface area contributed by atoms with Crippen LogP contribution in [0.4, 0.5) is 18.9 Å². The van der Waals surface area contributed by atoms with E-state index in [1.165, 1.54) is 16.9 Å². The maximum absolute atomic E-state index is 12.3. The summed E-state index contributed by atoms with van der Waals surface area (Å²) in [5.41, 5.74) is 2.58. The van der Waals surface area contributed by atoms with Crippen LogP contribution in [0.1, 0.15) is 34.3 Å². The van der Waals surface area contributed by atoms with Gasteiger partial charge < -0.3 is 5.32 Å². The summed E-state index contributed by atoms with van der Waals surface area (Å²) in [5, 5.41) is 2.52. The Bertz CT molecular complexity index is 1030. The number of amides is 1. The SMILES string of the molecule is Cc1ccc(C)c(C(=O)CCC(=O)Nc2ccc(S(=O)(=O)NCC(F)(F)F)cc2)c1. The molecule has 0 radical (unpaired) electrons. The number of sulfonamides is 1. The lowest BCUT2D eigenvalue weighted by atomic mass is 9.99. The molecule has 0 aliphatic heterocycles. The molecule has 2 aromatic rings. The second-order valence-corrected chi connectivity index (χ2v) is 8.52. The number of Topliss-reactive ketones (excluding diaryl/α,β-unsaturated/α-hetero) is 1. The average molecular weight is 442 g/mol. The predicted molar refractivity (Wildman–Crippen MR) is 106 cm³/mol. The van der Waals surface area contributed by atoms with Crippen molar-refractivity contribution in [1.82, 2.24) is 4.72 Å². The minimum Gasteiger partial charge on any atom is -0.326 e. The lowest BCUT2D eigenvalue weighted by molar-refractivity contribution is -0.121. The van der Waals surface area contributed by atoms with Crippen LogP contribution in [-0.2, 0) is 14.8 Å². The zero-order valence-electron chi connectivity index (χ0n) is 16.3. The van der Waals surface area contributed by atoms with E-state index >= 15 is 0 Å². The van der Waals surface area contributed by atoms with Gasteiger partial charge in [-0.1, -0.05) is 17.7 Å². The summed E-state index contributed by atoms with van der Waals surface area (Å²) in [6.07, 6.45) is -4.74. The molecule has 6 nitrogen and oxygen atoms in total. The third-order valence-electron chi connectivity index (χ3n) is 4.18. The molecule has 0 saturated carbocycles. The summed E-state index contributed by atoms with van der Waals surface area (Å²) < 4.78 is 61.7. The molecule has 1 amide bonds. The molecule has 0 fully saturated rings. The minimum absolute atomic E-state index is 0.00392. The number of halogens is 3. The maximum atomic E-state index is 12.3. The van der Waals surface area contributed by atoms with Crippen molar-refractivity contribution in [2.45, 2.75) is 37.8 Å². The second-order valence-electron chi connectivity index (χ2n) is 6.75. The van der Waals surface area contributed by atoms with Gasteiger partial charge in [-0.05, 0) is 49.7 Å². The number of carbonyl (C=O) groups is 2. The van der Waals surface area contributed by atoms with Gasteiger partial charge in [0, 0.05) is 24.1 Å². The van der Waals surface area contributed by atoms with Crippen molar-refractivity contribution in [2.24, 2.45) is 0 Å². The standard InChI is InChI=1S/C20H21F3N2O4S/c1-13-3-4-14(2)17(11-13)18(26)9-10-19(27)25-15-5-7-16(8-6-15)30(28,29)24-12-20(21,22)23/h3-8,11,24H,9-10,12H2,1-2H3,(H,25,27). The Balaban J connectivity index is 1.93. The van der Waals surface area contributed by atoms with Crippen LogP contribution in [0.2, 0.25) is 0 Å². The number of alkyl halides is 3. The lowest BCUT2D eigenvalue weighted by Gasteiger charge is -2.10. The van der Waals surface area contributed by atoms with E-state index in [2.05, 4.69) is 5.32 Å². The Hall–Kier alpha value is -2.72. The van der Waals surface area contributed by atoms with Crippen LogP contribution in [0.25, 0.3) is 0 Å². The van der Waals surface area contributed by atoms with Crippen LogP contribution in [0.15, 0.2) is 47.4 Å². The fourth-order valence-corrected chi connectivity index (χ4v) is 3.61. The van der Waals surface area contributed by atoms with Gasteiger partial charge in [-0.2, -0.15) is 13.2 Å². The maximum Gasteiger partial charge on any atom is 0.402 e. The molecule has 2 rings (SSSR count). The number of anilines is 1. The quantitative estimate of drug-likeness (QED) is 0.609. The van der Waals surface area contributed by atoms with E-state index in [1.54, 1.807) is 6.07 Å². The van der Waals surface area contributed by atoms with Crippen LogP contribution in [0.3, 0.4) is 0 Å². The molecular weight excluding hydrogens is 421 g/mol. The topological polar surface area (TPSA) is 92.3 Å². The molecule has 162 valence electrons. The Morgan fingerprint density at radius 2 is 1.60 bits per heavy atom. The van der Waals surface area contributed by atoms with Crippen LogP contribution >= 0.6 is 0 Å². The number of benzene rings is 2. The van der Waals surface area contributed by atoms with Crippen LogP contribution in [0.5, 0.6) is 0 Å². The normalized spacial score (nSPS) is 11.9. The van der Waals surface area contributed by atoms with E-state index in [1.807, 2.05) is 26.0 Å². The molecule has 0 aromatic heterocycles. The van der Waals surface area contributed by atoms with Crippen molar-refractivity contribution in [1.29, 1.82) is 0 Å². The zero-order valence-corrected chi connectivity index (χ0v) is 17.2. The summed E-state index contributed by atoms with van der Waals surface area (Å²) >= 11 is 0. The Morgan fingerprint density at radius 3 is 2.20 bits per heavy atom. The number of hydrogen-bond donors (Lipinski definition) is 2. The van der Waals surface area contributed by atoms with E-state index < -0.39 is 28.7 Å². The third kappa shape index (κ3) is 6.96. The molecule has 0 aliphatic rings. The van der Waals surface area contributed by atoms with Crippen LogP contribution in [-0.4, -0.2) is 32.8 Å². The zero-order chi connectivity index (χ0) is 22.5. The summed E-state index contributed by atoms with van der Waals surface area (Å²) in [5.74, 6) is -0.608. The Labute approximate surface area is 172 Å². The highest BCUT2D eigenvalue weighted by atomic mass is 32.2. The molecular formula is C20H21F3N2O4S. The molecule has 0 bridgehead atoms. The molecule has 2 aromatic carbocycles. The highest BCUT2D eigenvalue weighted by molar-refractivity contribution is 7.89. The van der Waals surface area contributed by atoms with Gasteiger partial charge in [0.05, 0.1) is 4.90 Å². The molecule has 0 aliphatic carbocycles. The number of aryl methyl sites for hydroxylation is 2. The first-order chi connectivity index (χ1) is 13.9. The van der Waals surface area contributed by atoms with Crippen LogP contribution in [0, 0.1) is 13.8 Å². The molecule has 30 heavy (non-hydrogen) atoms. The summed E-state index contributed by atoms with van der Waals surface area (Å²) in [6.45, 7) is 2.00. The van der Waals surface area contributed by atoms with Crippen molar-refractivity contribution < 1.29 is 31.2 Å². The highest BCUT2D eigenvalue weighted by Crippen LogP contribution is 2.18. The summed E-state index contributed by atoms with van der Waals surface area (Å²) in [4.78, 5) is 24.0. The van der Waals surface area contributed by atoms with E-state index in [-0.39, 0.29) is 29.2 Å². The molecule has 2 N–H and O–H groups in total. The van der Waals surface area contributed by atoms with Crippen molar-refractivity contribution in [3.63, 3.8) is 0 Å². The van der Waals surface area contributed by atoms with Crippen molar-refractivity contribution in [3.05, 3.63) is 59.2 Å². The van der Waals surface area contributed by atoms with E-state index in [0.717, 1.165) is 23.3 Å². The third-order valence-corrected chi connectivity index (χ3v) is 5.60. The van der Waals surface area contributed by atoms with Gasteiger partial charge in [0.2, 0.25) is 15.9 Å². The van der Waals surface area contributed by atoms with Gasteiger partial charge in [0.25, 0.3) is 0 Å². The lowest BCUT2D eigenvalue weighted by Crippen LogP contribution is -2.33. The van der Waals surface area contributed by atoms with Crippen molar-refractivity contribution in [2.75, 3.05) is 11.9 Å². The first kappa shape index (κ1) is 23.6. The van der Waals surface area contributed by atoms with E-state index in [0.29, 0.717) is 5.56 Å². The van der Waals surface area contributed by atoms with Gasteiger partial charge >= 0.3 is 6.18 Å². The number of rotatable bonds is 8. The molecule has 0 unspecified atom stereocenters. The largest absolute Gasteiger partial charge is 0.402 e. The van der Waals surface area contributed by atoms with Gasteiger partial charge in [-0.15, -0.1) is 0 Å². The number of carbonyl (C=O) groups excluding carboxylic acids is 2. The van der Waals surface area contributed by atoms with Crippen LogP contribution < -0.4 is 10.0 Å². The van der Waals surface area contributed by atoms with E-state index in [4.69, 9.17) is 0 Å². The summed E-state index contributed by atoms with van der Waals surface area (Å²) in [6, 6.07) is 10.2. The average Bonchev–Trinajstić information content (AvgIpc) is 2.66. The minimum atomic E-state index is -4.67. The second kappa shape index (κ2) is 9.40. The fraction of sp³-hybridized carbons (Fsp3) is 0.300. The van der Waals surface area contributed by atoms with Gasteiger partial charge in [-0.25, -0.2) is 13.1 Å². The number of ketones is 1. The van der Waals surface area contributed by atoms with E-state index in [9.17, 15) is 31.2 Å². The molecule has 0 heterocycles. The Kier molecular flexibility index (Phi) is 7.38. The first-order valence-electron chi connectivity index (χ1n) is 8.94. The molecule has 10 heteroatoms. The molecule has 0 spiro atoms. The Morgan fingerprint density at radius 1 is 0.967 bits per heavy atom. The van der Waals surface area contributed by atoms with Crippen molar-refractivity contribution >= 4 is 27.4 Å². The summed E-state index contributed by atoms with van der Waals surface area (Å²) in [7, 11) is -4.33. The van der Waals surface area contributed by atoms with Gasteiger partial charge in [-0.3, -0.25) is 9.59 Å². The van der Waals surface area contributed by atoms with Crippen molar-refractivity contribution in [3.8, 4) is 0 Å². The number of nitrogens with one attached hydrogen (secondary N) is 2. The first-order valence-corrected chi connectivity index (χ1v) is 10.4. The molecule has 0 atom stereocenters. The highest BCUT2D eigenvalue weighted by Gasteiger charge is 2.30. The van der Waals surface area contributed by atoms with Gasteiger partial charge in [0.1, 0.15) is 6.54 Å².